The molecule has 2 aliphatic heterocycles. The zero-order valence-electron chi connectivity index (χ0n) is 16.1. The van der Waals surface area contributed by atoms with Crippen LogP contribution in [0.15, 0.2) is 12.1 Å². The fourth-order valence-corrected chi connectivity index (χ4v) is 4.44. The largest absolute Gasteiger partial charge is 0.493 e. The lowest BCUT2D eigenvalue weighted by molar-refractivity contribution is 0.0354. The quantitative estimate of drug-likeness (QED) is 0.789. The van der Waals surface area contributed by atoms with Crippen molar-refractivity contribution in [2.24, 2.45) is 5.92 Å². The number of rotatable bonds is 6. The molecule has 0 aliphatic carbocycles. The topological polar surface area (TPSA) is 34.2 Å². The number of ether oxygens (including phenoxy) is 3. The Morgan fingerprint density at radius 1 is 1.08 bits per heavy atom. The van der Waals surface area contributed by atoms with Crippen LogP contribution in [0.1, 0.15) is 31.7 Å². The van der Waals surface area contributed by atoms with Gasteiger partial charge < -0.3 is 19.1 Å². The van der Waals surface area contributed by atoms with Gasteiger partial charge in [-0.25, -0.2) is 0 Å². The van der Waals surface area contributed by atoms with Crippen molar-refractivity contribution in [1.29, 1.82) is 0 Å². The van der Waals surface area contributed by atoms with Gasteiger partial charge in [-0.1, -0.05) is 0 Å². The fourth-order valence-electron chi connectivity index (χ4n) is 4.44. The molecule has 0 unspecified atom stereocenters. The molecule has 0 N–H and O–H groups in total. The van der Waals surface area contributed by atoms with Crippen molar-refractivity contribution in [2.45, 2.75) is 38.8 Å². The Morgan fingerprint density at radius 3 is 2.44 bits per heavy atom. The van der Waals surface area contributed by atoms with Crippen molar-refractivity contribution in [3.63, 3.8) is 0 Å². The first-order chi connectivity index (χ1) is 12.2. The van der Waals surface area contributed by atoms with Crippen LogP contribution in [0.3, 0.4) is 0 Å². The van der Waals surface area contributed by atoms with Crippen LogP contribution in [0.4, 0.5) is 0 Å². The first-order valence-corrected chi connectivity index (χ1v) is 9.46. The summed E-state index contributed by atoms with van der Waals surface area (Å²) in [7, 11) is 5.66. The van der Waals surface area contributed by atoms with Gasteiger partial charge in [0.1, 0.15) is 0 Å². The molecule has 5 nitrogen and oxygen atoms in total. The molecule has 0 spiro atoms. The number of nitrogens with zero attached hydrogens (tertiary/aromatic N) is 2. The van der Waals surface area contributed by atoms with Crippen LogP contribution in [0.25, 0.3) is 0 Å². The lowest BCUT2D eigenvalue weighted by atomic mass is 9.84. The first-order valence-electron chi connectivity index (χ1n) is 9.46. The lowest BCUT2D eigenvalue weighted by Crippen LogP contribution is -2.52. The van der Waals surface area contributed by atoms with E-state index in [2.05, 4.69) is 29.0 Å². The molecule has 1 aromatic rings. The molecule has 0 saturated carbocycles. The molecule has 2 fully saturated rings. The Labute approximate surface area is 151 Å². The van der Waals surface area contributed by atoms with Crippen molar-refractivity contribution in [1.82, 2.24) is 9.80 Å². The molecule has 0 aromatic heterocycles. The highest BCUT2D eigenvalue weighted by Crippen LogP contribution is 2.39. The predicted octanol–water partition coefficient (Wildman–Crippen LogP) is 3.02. The second kappa shape index (κ2) is 8.28. The summed E-state index contributed by atoms with van der Waals surface area (Å²) in [6.45, 7) is 7.10. The maximum Gasteiger partial charge on any atom is 0.203 e. The summed E-state index contributed by atoms with van der Waals surface area (Å²) >= 11 is 0. The number of methoxy groups -OCH3 is 2. The highest BCUT2D eigenvalue weighted by molar-refractivity contribution is 5.53. The molecule has 2 atom stereocenters. The summed E-state index contributed by atoms with van der Waals surface area (Å²) in [5.41, 5.74) is 1.22. The minimum Gasteiger partial charge on any atom is -0.493 e. The van der Waals surface area contributed by atoms with E-state index in [0.29, 0.717) is 12.4 Å². The molecule has 1 aromatic carbocycles. The zero-order valence-corrected chi connectivity index (χ0v) is 16.1. The van der Waals surface area contributed by atoms with E-state index in [1.807, 2.05) is 6.92 Å². The summed E-state index contributed by atoms with van der Waals surface area (Å²) in [5.74, 6) is 3.01. The minimum absolute atomic E-state index is 0.592. The van der Waals surface area contributed by atoms with Gasteiger partial charge >= 0.3 is 0 Å². The summed E-state index contributed by atoms with van der Waals surface area (Å²) in [6.07, 6.45) is 3.96. The molecule has 0 radical (unpaired) electrons. The average Bonchev–Trinajstić information content (AvgIpc) is 2.63. The first kappa shape index (κ1) is 18.3. The third kappa shape index (κ3) is 4.04. The van der Waals surface area contributed by atoms with Crippen molar-refractivity contribution >= 4 is 0 Å². The van der Waals surface area contributed by atoms with Gasteiger partial charge in [0.2, 0.25) is 5.75 Å². The molecule has 25 heavy (non-hydrogen) atoms. The fraction of sp³-hybridized carbons (Fsp3) is 0.700. The number of piperidine rings is 2. The Bertz CT molecular complexity index is 553. The summed E-state index contributed by atoms with van der Waals surface area (Å²) in [6, 6.07) is 4.95. The highest BCUT2D eigenvalue weighted by atomic mass is 16.5. The SMILES string of the molecule is CCOc1c(OC)cc(CN2CC[C@@H]3[C@@H](CCCN3C)C2)cc1OC. The van der Waals surface area contributed by atoms with Gasteiger partial charge in [-0.05, 0) is 69.9 Å². The summed E-state index contributed by atoms with van der Waals surface area (Å²) in [5, 5.41) is 0. The molecule has 3 rings (SSSR count). The molecule has 2 saturated heterocycles. The third-order valence-electron chi connectivity index (χ3n) is 5.65. The third-order valence-corrected chi connectivity index (χ3v) is 5.65. The van der Waals surface area contributed by atoms with Crippen LogP contribution in [0.2, 0.25) is 0 Å². The van der Waals surface area contributed by atoms with E-state index in [4.69, 9.17) is 14.2 Å². The number of benzene rings is 1. The van der Waals surface area contributed by atoms with Gasteiger partial charge in [-0.2, -0.15) is 0 Å². The normalized spacial score (nSPS) is 24.6. The van der Waals surface area contributed by atoms with E-state index in [-0.39, 0.29) is 0 Å². The average molecular weight is 348 g/mol. The maximum absolute atomic E-state index is 5.71. The van der Waals surface area contributed by atoms with Crippen molar-refractivity contribution in [2.75, 3.05) is 47.5 Å². The number of hydrogen-bond acceptors (Lipinski definition) is 5. The Kier molecular flexibility index (Phi) is 6.07. The van der Waals surface area contributed by atoms with E-state index in [1.54, 1.807) is 14.2 Å². The van der Waals surface area contributed by atoms with E-state index in [0.717, 1.165) is 36.5 Å². The zero-order chi connectivity index (χ0) is 17.8. The van der Waals surface area contributed by atoms with E-state index in [9.17, 15) is 0 Å². The van der Waals surface area contributed by atoms with Crippen LogP contribution < -0.4 is 14.2 Å². The molecular weight excluding hydrogens is 316 g/mol. The monoisotopic (exact) mass is 348 g/mol. The minimum atomic E-state index is 0.592. The van der Waals surface area contributed by atoms with Gasteiger partial charge in [0.15, 0.2) is 11.5 Å². The number of likely N-dealkylation sites (tertiary alicyclic amines) is 2. The van der Waals surface area contributed by atoms with Crippen LogP contribution >= 0.6 is 0 Å². The molecule has 2 aliphatic rings. The Morgan fingerprint density at radius 2 is 1.80 bits per heavy atom. The molecular formula is C20H32N2O3. The van der Waals surface area contributed by atoms with Gasteiger partial charge in [0.25, 0.3) is 0 Å². The second-order valence-corrected chi connectivity index (χ2v) is 7.24. The number of hydrogen-bond donors (Lipinski definition) is 0. The van der Waals surface area contributed by atoms with Crippen LogP contribution in [-0.4, -0.2) is 63.4 Å². The van der Waals surface area contributed by atoms with Crippen molar-refractivity contribution in [3.8, 4) is 17.2 Å². The maximum atomic E-state index is 5.71. The second-order valence-electron chi connectivity index (χ2n) is 7.24. The molecule has 2 heterocycles. The number of fused-ring (bicyclic) bond motifs is 1. The lowest BCUT2D eigenvalue weighted by Gasteiger charge is -2.46. The van der Waals surface area contributed by atoms with Crippen LogP contribution in [-0.2, 0) is 6.54 Å². The summed E-state index contributed by atoms with van der Waals surface area (Å²) < 4.78 is 16.8. The van der Waals surface area contributed by atoms with Gasteiger partial charge in [-0.15, -0.1) is 0 Å². The summed E-state index contributed by atoms with van der Waals surface area (Å²) in [4.78, 5) is 5.14. The Balaban J connectivity index is 1.72. The van der Waals surface area contributed by atoms with Gasteiger partial charge in [-0.3, -0.25) is 4.90 Å². The highest BCUT2D eigenvalue weighted by Gasteiger charge is 2.34. The van der Waals surface area contributed by atoms with E-state index < -0.39 is 0 Å². The van der Waals surface area contributed by atoms with Crippen molar-refractivity contribution in [3.05, 3.63) is 17.7 Å². The van der Waals surface area contributed by atoms with Crippen LogP contribution in [0.5, 0.6) is 17.2 Å². The smallest absolute Gasteiger partial charge is 0.203 e. The van der Waals surface area contributed by atoms with Crippen LogP contribution in [0, 0.1) is 5.92 Å². The molecule has 0 bridgehead atoms. The van der Waals surface area contributed by atoms with Gasteiger partial charge in [0, 0.05) is 19.1 Å². The standard InChI is InChI=1S/C20H32N2O3/c1-5-25-20-18(23-3)11-15(12-19(20)24-4)13-22-10-8-17-16(14-22)7-6-9-21(17)2/h11-12,16-17H,5-10,13-14H2,1-4H3/t16-,17+/m0/s1. The molecule has 140 valence electrons. The Hall–Kier alpha value is -1.46. The molecule has 0 amide bonds. The predicted molar refractivity (Wildman–Crippen MR) is 99.8 cm³/mol. The molecule has 5 heteroatoms. The van der Waals surface area contributed by atoms with E-state index >= 15 is 0 Å². The van der Waals surface area contributed by atoms with Gasteiger partial charge in [0.05, 0.1) is 20.8 Å². The van der Waals surface area contributed by atoms with Crippen molar-refractivity contribution < 1.29 is 14.2 Å². The van der Waals surface area contributed by atoms with E-state index in [1.165, 1.54) is 37.9 Å².